The number of carboxylic acid groups (broad SMARTS) is 1. The van der Waals surface area contributed by atoms with E-state index in [1.807, 2.05) is 0 Å². The summed E-state index contributed by atoms with van der Waals surface area (Å²) in [7, 11) is 3.17. The van der Waals surface area contributed by atoms with Gasteiger partial charge in [-0.05, 0) is 0 Å². The van der Waals surface area contributed by atoms with E-state index >= 15 is 0 Å². The predicted octanol–water partition coefficient (Wildman–Crippen LogP) is -1.83. The number of methoxy groups -OCH3 is 2. The van der Waals surface area contributed by atoms with E-state index in [0.29, 0.717) is 39.6 Å². The first-order chi connectivity index (χ1) is 24.0. The van der Waals surface area contributed by atoms with Crippen LogP contribution in [0, 0.1) is 0 Å². The van der Waals surface area contributed by atoms with Crippen LogP contribution in [0.15, 0.2) is 9.98 Å². The highest BCUT2D eigenvalue weighted by Gasteiger charge is 2.13. The highest BCUT2D eigenvalue weighted by molar-refractivity contribution is 5.78. The van der Waals surface area contributed by atoms with Crippen LogP contribution in [0.5, 0.6) is 0 Å². The SMILES string of the molecule is COCCOCCOC(CO)=NCCOCCOCC(COCCOCCN=C(CO)OCCOCCOC)OCC(=O)NCCC(=O)O. The Morgan fingerprint density at radius 1 is 0.612 bits per heavy atom. The summed E-state index contributed by atoms with van der Waals surface area (Å²) in [6.45, 7) is 4.46. The maximum atomic E-state index is 12.0. The molecule has 0 aliphatic heterocycles. The van der Waals surface area contributed by atoms with Crippen LogP contribution in [0.2, 0.25) is 0 Å². The Kier molecular flexibility index (Phi) is 34.8. The number of amides is 1. The minimum atomic E-state index is -1.02. The van der Waals surface area contributed by atoms with E-state index < -0.39 is 18.0 Å². The van der Waals surface area contributed by atoms with Crippen molar-refractivity contribution in [3.05, 3.63) is 0 Å². The molecule has 19 heteroatoms. The zero-order valence-corrected chi connectivity index (χ0v) is 28.9. The molecule has 4 N–H and O–H groups in total. The molecule has 0 heterocycles. The van der Waals surface area contributed by atoms with Crippen LogP contribution >= 0.6 is 0 Å². The molecule has 1 amide bonds. The summed E-state index contributed by atoms with van der Waals surface area (Å²) in [6, 6.07) is 0. The van der Waals surface area contributed by atoms with Crippen LogP contribution in [0.4, 0.5) is 0 Å². The molecule has 0 unspecified atom stereocenters. The largest absolute Gasteiger partial charge is 0.481 e. The fraction of sp³-hybridized carbons (Fsp3) is 0.867. The lowest BCUT2D eigenvalue weighted by molar-refractivity contribution is -0.137. The second kappa shape index (κ2) is 36.7. The van der Waals surface area contributed by atoms with Crippen molar-refractivity contribution in [2.24, 2.45) is 9.98 Å². The summed E-state index contributed by atoms with van der Waals surface area (Å²) in [5, 5.41) is 29.9. The van der Waals surface area contributed by atoms with E-state index in [1.165, 1.54) is 0 Å². The average molecular weight is 716 g/mol. The quantitative estimate of drug-likeness (QED) is 0.0317. The van der Waals surface area contributed by atoms with Crippen LogP contribution < -0.4 is 5.32 Å². The van der Waals surface area contributed by atoms with Crippen molar-refractivity contribution in [3.63, 3.8) is 0 Å². The lowest BCUT2D eigenvalue weighted by Crippen LogP contribution is -2.34. The Bertz CT molecular complexity index is 789. The van der Waals surface area contributed by atoms with Gasteiger partial charge in [-0.2, -0.15) is 0 Å². The van der Waals surface area contributed by atoms with Crippen LogP contribution in [-0.4, -0.2) is 204 Å². The van der Waals surface area contributed by atoms with Crippen molar-refractivity contribution < 1.29 is 77.0 Å². The Labute approximate surface area is 288 Å². The molecule has 19 nitrogen and oxygen atoms in total. The van der Waals surface area contributed by atoms with Gasteiger partial charge < -0.3 is 72.7 Å². The molecule has 0 saturated carbocycles. The fourth-order valence-electron chi connectivity index (χ4n) is 3.24. The van der Waals surface area contributed by atoms with Gasteiger partial charge in [0, 0.05) is 20.8 Å². The molecule has 0 spiro atoms. The molecule has 0 aliphatic rings. The van der Waals surface area contributed by atoms with Gasteiger partial charge in [0.2, 0.25) is 17.7 Å². The third-order valence-electron chi connectivity index (χ3n) is 5.64. The minimum Gasteiger partial charge on any atom is -0.481 e. The first-order valence-corrected chi connectivity index (χ1v) is 16.0. The van der Waals surface area contributed by atoms with Gasteiger partial charge in [0.25, 0.3) is 0 Å². The van der Waals surface area contributed by atoms with E-state index in [4.69, 9.17) is 57.2 Å². The summed E-state index contributed by atoms with van der Waals surface area (Å²) in [5.74, 6) is -1.10. The molecule has 0 bridgehead atoms. The molecule has 0 fully saturated rings. The number of carboxylic acids is 1. The topological polar surface area (TPSA) is 233 Å². The van der Waals surface area contributed by atoms with Gasteiger partial charge in [-0.15, -0.1) is 0 Å². The molecular formula is C30H57N3O16. The number of ether oxygens (including phenoxy) is 11. The number of aliphatic hydroxyl groups excluding tert-OH is 2. The smallest absolute Gasteiger partial charge is 0.305 e. The number of nitrogens with one attached hydrogen (secondary N) is 1. The molecule has 288 valence electrons. The van der Waals surface area contributed by atoms with Crippen LogP contribution in [0.1, 0.15) is 6.42 Å². The first-order valence-electron chi connectivity index (χ1n) is 16.0. The van der Waals surface area contributed by atoms with Gasteiger partial charge in [0.15, 0.2) is 0 Å². The summed E-state index contributed by atoms with van der Waals surface area (Å²) in [5.41, 5.74) is 0. The third kappa shape index (κ3) is 33.7. The summed E-state index contributed by atoms with van der Waals surface area (Å²) in [4.78, 5) is 30.9. The van der Waals surface area contributed by atoms with Crippen molar-refractivity contribution in [1.29, 1.82) is 0 Å². The second-order valence-corrected chi connectivity index (χ2v) is 9.58. The van der Waals surface area contributed by atoms with Gasteiger partial charge in [-0.1, -0.05) is 0 Å². The molecule has 0 aromatic heterocycles. The fourth-order valence-corrected chi connectivity index (χ4v) is 3.24. The molecule has 0 radical (unpaired) electrons. The Morgan fingerprint density at radius 2 is 1.04 bits per heavy atom. The number of aliphatic carboxylic acids is 1. The summed E-state index contributed by atoms with van der Waals surface area (Å²) in [6.07, 6.45) is -0.792. The molecule has 0 atom stereocenters. The lowest BCUT2D eigenvalue weighted by atomic mass is 10.4. The first kappa shape index (κ1) is 46.4. The average Bonchev–Trinajstić information content (AvgIpc) is 3.09. The summed E-state index contributed by atoms with van der Waals surface area (Å²) < 4.78 is 58.9. The van der Waals surface area contributed by atoms with Gasteiger partial charge in [0.05, 0.1) is 112 Å². The normalized spacial score (nSPS) is 12.7. The van der Waals surface area contributed by atoms with Crippen molar-refractivity contribution in [2.75, 3.05) is 159 Å². The molecule has 49 heavy (non-hydrogen) atoms. The minimum absolute atomic E-state index is 0.0115. The van der Waals surface area contributed by atoms with Crippen molar-refractivity contribution in [3.8, 4) is 0 Å². The number of carbonyl (C=O) groups excluding carboxylic acids is 1. The Morgan fingerprint density at radius 3 is 1.49 bits per heavy atom. The van der Waals surface area contributed by atoms with Crippen LogP contribution in [0.25, 0.3) is 0 Å². The van der Waals surface area contributed by atoms with Gasteiger partial charge in [0.1, 0.15) is 39.1 Å². The zero-order valence-electron chi connectivity index (χ0n) is 28.9. The third-order valence-corrected chi connectivity index (χ3v) is 5.64. The number of hydrogen-bond donors (Lipinski definition) is 4. The molecule has 0 aliphatic carbocycles. The number of rotatable bonds is 36. The van der Waals surface area contributed by atoms with E-state index in [-0.39, 0.29) is 124 Å². The molecule has 0 rings (SSSR count). The van der Waals surface area contributed by atoms with Crippen molar-refractivity contribution >= 4 is 23.7 Å². The number of aliphatic imine (C=N–C) groups is 2. The van der Waals surface area contributed by atoms with Gasteiger partial charge in [-0.3, -0.25) is 19.6 Å². The van der Waals surface area contributed by atoms with Gasteiger partial charge in [-0.25, -0.2) is 0 Å². The molecule has 0 aromatic carbocycles. The Balaban J connectivity index is 4.31. The number of carbonyl (C=O) groups is 2. The van der Waals surface area contributed by atoms with E-state index in [0.717, 1.165) is 0 Å². The van der Waals surface area contributed by atoms with Gasteiger partial charge >= 0.3 is 5.97 Å². The number of aliphatic hydroxyl groups is 2. The van der Waals surface area contributed by atoms with Crippen LogP contribution in [0.3, 0.4) is 0 Å². The standard InChI is InChI=1S/C30H57N3O16/c1-39-9-11-43-17-19-47-28(21-34)32-5-7-41-13-15-45-23-26(49-25-27(36)31-4-3-30(37)38)24-46-16-14-42-8-6-33-29(22-35)48-20-18-44-12-10-40-2/h26,34-35H,3-25H2,1-2H3,(H,31,36)(H,37,38). The zero-order chi connectivity index (χ0) is 36.0. The lowest BCUT2D eigenvalue weighted by Gasteiger charge is -2.18. The monoisotopic (exact) mass is 715 g/mol. The molecule has 0 aromatic rings. The molecular weight excluding hydrogens is 658 g/mol. The highest BCUT2D eigenvalue weighted by atomic mass is 16.6. The Hall–Kier alpha value is -2.56. The molecule has 0 saturated heterocycles. The van der Waals surface area contributed by atoms with E-state index in [2.05, 4.69) is 15.3 Å². The van der Waals surface area contributed by atoms with Crippen molar-refractivity contribution in [1.82, 2.24) is 5.32 Å². The predicted molar refractivity (Wildman–Crippen MR) is 174 cm³/mol. The van der Waals surface area contributed by atoms with E-state index in [9.17, 15) is 19.8 Å². The maximum Gasteiger partial charge on any atom is 0.305 e. The summed E-state index contributed by atoms with van der Waals surface area (Å²) >= 11 is 0. The maximum absolute atomic E-state index is 12.0. The highest BCUT2D eigenvalue weighted by Crippen LogP contribution is 1.97. The van der Waals surface area contributed by atoms with E-state index in [1.54, 1.807) is 14.2 Å². The number of nitrogens with zero attached hydrogens (tertiary/aromatic N) is 2. The second-order valence-electron chi connectivity index (χ2n) is 9.58. The number of hydrogen-bond acceptors (Lipinski definition) is 17. The van der Waals surface area contributed by atoms with Crippen LogP contribution in [-0.2, 0) is 61.7 Å². The van der Waals surface area contributed by atoms with Crippen molar-refractivity contribution in [2.45, 2.75) is 12.5 Å².